The van der Waals surface area contributed by atoms with Crippen molar-refractivity contribution >= 4 is 17.9 Å². The van der Waals surface area contributed by atoms with Gasteiger partial charge in [-0.25, -0.2) is 15.0 Å². The number of aliphatic hydroxyl groups is 1. The fourth-order valence-corrected chi connectivity index (χ4v) is 3.22. The van der Waals surface area contributed by atoms with Crippen molar-refractivity contribution in [2.75, 3.05) is 37.4 Å². The second-order valence-electron chi connectivity index (χ2n) is 7.12. The number of anilines is 2. The third kappa shape index (κ3) is 5.76. The summed E-state index contributed by atoms with van der Waals surface area (Å²) in [5.74, 6) is 2.43. The zero-order valence-corrected chi connectivity index (χ0v) is 17.8. The van der Waals surface area contributed by atoms with E-state index in [2.05, 4.69) is 38.6 Å². The maximum Gasteiger partial charge on any atom is 0.134 e. The van der Waals surface area contributed by atoms with Crippen molar-refractivity contribution in [1.82, 2.24) is 15.0 Å². The number of rotatable bonds is 11. The van der Waals surface area contributed by atoms with Crippen molar-refractivity contribution in [3.63, 3.8) is 0 Å². The summed E-state index contributed by atoms with van der Waals surface area (Å²) >= 11 is 0. The Balaban J connectivity index is 1.72. The van der Waals surface area contributed by atoms with E-state index < -0.39 is 0 Å². The minimum Gasteiger partial charge on any atom is -0.496 e. The summed E-state index contributed by atoms with van der Waals surface area (Å²) in [7, 11) is 1.68. The Morgan fingerprint density at radius 2 is 2.00 bits per heavy atom. The van der Waals surface area contributed by atoms with Gasteiger partial charge in [-0.1, -0.05) is 25.1 Å². The normalized spacial score (nSPS) is 11.6. The number of benzene rings is 1. The van der Waals surface area contributed by atoms with Gasteiger partial charge >= 0.3 is 0 Å². The van der Waals surface area contributed by atoms with Crippen molar-refractivity contribution < 1.29 is 9.84 Å². The molecule has 2 aromatic heterocycles. The number of aliphatic hydroxyl groups excluding tert-OH is 1. The number of aromatic nitrogens is 3. The van der Waals surface area contributed by atoms with Gasteiger partial charge in [0.15, 0.2) is 0 Å². The van der Waals surface area contributed by atoms with Crippen molar-refractivity contribution in [2.24, 2.45) is 0 Å². The molecular formula is C23H28N6O2. The number of hydrogen-bond acceptors (Lipinski definition) is 8. The van der Waals surface area contributed by atoms with Crippen LogP contribution in [0.15, 0.2) is 48.9 Å². The van der Waals surface area contributed by atoms with E-state index in [0.29, 0.717) is 36.7 Å². The fraction of sp³-hybridized carbons (Fsp3) is 0.304. The lowest BCUT2D eigenvalue weighted by Crippen LogP contribution is -2.12. The van der Waals surface area contributed by atoms with Gasteiger partial charge in [0.05, 0.1) is 12.8 Å². The first-order valence-corrected chi connectivity index (χ1v) is 10.2. The molecule has 0 fully saturated rings. The minimum absolute atomic E-state index is 0.109. The molecule has 0 radical (unpaired) electrons. The Labute approximate surface area is 182 Å². The van der Waals surface area contributed by atoms with E-state index >= 15 is 0 Å². The summed E-state index contributed by atoms with van der Waals surface area (Å²) in [6.07, 6.45) is 5.11. The Kier molecular flexibility index (Phi) is 7.89. The van der Waals surface area contributed by atoms with Crippen molar-refractivity contribution in [3.8, 4) is 17.0 Å². The van der Waals surface area contributed by atoms with Crippen molar-refractivity contribution in [1.29, 1.82) is 5.41 Å². The van der Waals surface area contributed by atoms with E-state index in [1.807, 2.05) is 30.3 Å². The Morgan fingerprint density at radius 3 is 2.77 bits per heavy atom. The second kappa shape index (κ2) is 11.0. The average Bonchev–Trinajstić information content (AvgIpc) is 2.83. The molecule has 162 valence electrons. The number of nitrogens with zero attached hydrogens (tertiary/aromatic N) is 3. The van der Waals surface area contributed by atoms with Gasteiger partial charge in [0, 0.05) is 55.2 Å². The van der Waals surface area contributed by atoms with E-state index in [0.717, 1.165) is 22.6 Å². The Hall–Kier alpha value is -3.52. The molecule has 0 saturated carbocycles. The molecule has 4 N–H and O–H groups in total. The van der Waals surface area contributed by atoms with Crippen LogP contribution in [0, 0.1) is 5.41 Å². The molecule has 1 atom stereocenters. The zero-order chi connectivity index (χ0) is 22.1. The predicted octanol–water partition coefficient (Wildman–Crippen LogP) is 3.55. The Morgan fingerprint density at radius 1 is 1.16 bits per heavy atom. The second-order valence-corrected chi connectivity index (χ2v) is 7.12. The molecule has 0 aliphatic rings. The molecule has 8 heteroatoms. The first-order valence-electron chi connectivity index (χ1n) is 10.2. The van der Waals surface area contributed by atoms with E-state index in [9.17, 15) is 0 Å². The molecule has 3 aromatic rings. The van der Waals surface area contributed by atoms with E-state index in [-0.39, 0.29) is 12.5 Å². The van der Waals surface area contributed by atoms with Gasteiger partial charge in [-0.3, -0.25) is 0 Å². The first-order chi connectivity index (χ1) is 15.2. The highest BCUT2D eigenvalue weighted by atomic mass is 16.5. The van der Waals surface area contributed by atoms with Crippen LogP contribution in [0.5, 0.6) is 5.75 Å². The molecule has 0 unspecified atom stereocenters. The largest absolute Gasteiger partial charge is 0.496 e. The van der Waals surface area contributed by atoms with Gasteiger partial charge < -0.3 is 25.9 Å². The van der Waals surface area contributed by atoms with E-state index in [1.165, 1.54) is 12.5 Å². The smallest absolute Gasteiger partial charge is 0.134 e. The summed E-state index contributed by atoms with van der Waals surface area (Å²) < 4.78 is 5.46. The van der Waals surface area contributed by atoms with Crippen LogP contribution in [-0.2, 0) is 0 Å². The van der Waals surface area contributed by atoms with E-state index in [1.54, 1.807) is 13.3 Å². The van der Waals surface area contributed by atoms with Gasteiger partial charge in [-0.15, -0.1) is 0 Å². The van der Waals surface area contributed by atoms with Crippen LogP contribution in [0.1, 0.15) is 30.4 Å². The quantitative estimate of drug-likeness (QED) is 0.277. The van der Waals surface area contributed by atoms with Crippen LogP contribution in [0.2, 0.25) is 0 Å². The third-order valence-corrected chi connectivity index (χ3v) is 4.92. The summed E-state index contributed by atoms with van der Waals surface area (Å²) in [5.41, 5.74) is 3.32. The fourth-order valence-electron chi connectivity index (χ4n) is 3.22. The SMILES string of the molecule is COc1ccccc1[C@H](C)CNc1cc(-c2cnc(NCCCO)c(C=N)c2)ncn1. The molecular weight excluding hydrogens is 392 g/mol. The highest BCUT2D eigenvalue weighted by Gasteiger charge is 2.12. The third-order valence-electron chi connectivity index (χ3n) is 4.92. The lowest BCUT2D eigenvalue weighted by Gasteiger charge is -2.16. The van der Waals surface area contributed by atoms with Gasteiger partial charge in [0.1, 0.15) is 23.7 Å². The molecule has 1 aromatic carbocycles. The molecule has 3 rings (SSSR count). The number of pyridine rings is 1. The average molecular weight is 421 g/mol. The maximum atomic E-state index is 8.93. The van der Waals surface area contributed by atoms with Crippen molar-refractivity contribution in [2.45, 2.75) is 19.3 Å². The van der Waals surface area contributed by atoms with Crippen LogP contribution >= 0.6 is 0 Å². The summed E-state index contributed by atoms with van der Waals surface area (Å²) in [6.45, 7) is 3.53. The molecule has 31 heavy (non-hydrogen) atoms. The van der Waals surface area contributed by atoms with Crippen LogP contribution < -0.4 is 15.4 Å². The lowest BCUT2D eigenvalue weighted by molar-refractivity contribution is 0.292. The van der Waals surface area contributed by atoms with Gasteiger partial charge in [0.25, 0.3) is 0 Å². The number of ether oxygens (including phenoxy) is 1. The molecule has 0 saturated heterocycles. The summed E-state index contributed by atoms with van der Waals surface area (Å²) in [5, 5.41) is 23.1. The van der Waals surface area contributed by atoms with Gasteiger partial charge in [-0.2, -0.15) is 0 Å². The zero-order valence-electron chi connectivity index (χ0n) is 17.8. The lowest BCUT2D eigenvalue weighted by atomic mass is 10.00. The predicted molar refractivity (Wildman–Crippen MR) is 123 cm³/mol. The highest BCUT2D eigenvalue weighted by molar-refractivity contribution is 5.86. The molecule has 0 aliphatic carbocycles. The Bertz CT molecular complexity index is 1010. The molecule has 8 nitrogen and oxygen atoms in total. The van der Waals surface area contributed by atoms with Crippen LogP contribution in [0.3, 0.4) is 0 Å². The summed E-state index contributed by atoms with van der Waals surface area (Å²) in [4.78, 5) is 13.1. The van der Waals surface area contributed by atoms with Gasteiger partial charge in [-0.05, 0) is 24.1 Å². The molecule has 2 heterocycles. The van der Waals surface area contributed by atoms with Gasteiger partial charge in [0.2, 0.25) is 0 Å². The first kappa shape index (κ1) is 22.2. The molecule has 0 bridgehead atoms. The van der Waals surface area contributed by atoms with Crippen LogP contribution in [0.25, 0.3) is 11.3 Å². The van der Waals surface area contributed by atoms with Crippen LogP contribution in [-0.4, -0.2) is 53.1 Å². The minimum atomic E-state index is 0.109. The van der Waals surface area contributed by atoms with E-state index in [4.69, 9.17) is 15.3 Å². The standard InChI is InChI=1S/C23H28N6O2/c1-16(19-6-3-4-7-21(19)31-2)13-26-22-11-20(28-15-29-22)18-10-17(12-24)23(27-14-18)25-8-5-9-30/h3-4,6-7,10-12,14-16,24,30H,5,8-9,13H2,1-2H3,(H,25,27)(H,26,28,29)/t16-/m1/s1. The number of hydrogen-bond donors (Lipinski definition) is 4. The topological polar surface area (TPSA) is 116 Å². The van der Waals surface area contributed by atoms with Crippen LogP contribution in [0.4, 0.5) is 11.6 Å². The molecule has 0 aliphatic heterocycles. The maximum absolute atomic E-state index is 8.93. The van der Waals surface area contributed by atoms with Crippen molar-refractivity contribution in [3.05, 3.63) is 60.0 Å². The molecule has 0 spiro atoms. The monoisotopic (exact) mass is 420 g/mol. The number of methoxy groups -OCH3 is 1. The highest BCUT2D eigenvalue weighted by Crippen LogP contribution is 2.27. The number of para-hydroxylation sites is 1. The number of nitrogens with one attached hydrogen (secondary N) is 3. The molecule has 0 amide bonds. The summed E-state index contributed by atoms with van der Waals surface area (Å²) in [6, 6.07) is 11.7.